The zero-order valence-corrected chi connectivity index (χ0v) is 15.1. The lowest BCUT2D eigenvalue weighted by Gasteiger charge is -2.18. The lowest BCUT2D eigenvalue weighted by Crippen LogP contribution is -2.10. The quantitative estimate of drug-likeness (QED) is 0.468. The summed E-state index contributed by atoms with van der Waals surface area (Å²) < 4.78 is 15.7. The highest BCUT2D eigenvalue weighted by Crippen LogP contribution is 2.39. The van der Waals surface area contributed by atoms with Gasteiger partial charge in [-0.1, -0.05) is 41.9 Å². The molecular formula is C19H17ClFNO2S. The number of nitrogens with zero attached hydrogens (tertiary/aromatic N) is 1. The zero-order valence-electron chi connectivity index (χ0n) is 13.6. The summed E-state index contributed by atoms with van der Waals surface area (Å²) >= 11 is 8.23. The average molecular weight is 378 g/mol. The summed E-state index contributed by atoms with van der Waals surface area (Å²) in [5, 5.41) is 9.85. The normalized spacial score (nSPS) is 12.4. The van der Waals surface area contributed by atoms with Crippen molar-refractivity contribution in [1.29, 1.82) is 0 Å². The molecule has 25 heavy (non-hydrogen) atoms. The van der Waals surface area contributed by atoms with Gasteiger partial charge in [-0.3, -0.25) is 4.79 Å². The maximum Gasteiger partial charge on any atom is 0.303 e. The predicted molar refractivity (Wildman–Crippen MR) is 100 cm³/mol. The van der Waals surface area contributed by atoms with E-state index in [1.54, 1.807) is 6.07 Å². The summed E-state index contributed by atoms with van der Waals surface area (Å²) in [5.74, 6) is -1.20. The Morgan fingerprint density at radius 1 is 1.28 bits per heavy atom. The molecule has 3 rings (SSSR count). The molecule has 1 unspecified atom stereocenters. The van der Waals surface area contributed by atoms with Crippen molar-refractivity contribution in [2.24, 2.45) is 0 Å². The van der Waals surface area contributed by atoms with Crippen molar-refractivity contribution in [2.45, 2.75) is 23.2 Å². The third-order valence-corrected chi connectivity index (χ3v) is 5.41. The van der Waals surface area contributed by atoms with Crippen LogP contribution in [0.5, 0.6) is 0 Å². The van der Waals surface area contributed by atoms with Gasteiger partial charge in [0.25, 0.3) is 0 Å². The van der Waals surface area contributed by atoms with Gasteiger partial charge in [0.05, 0.1) is 11.9 Å². The fraction of sp³-hybridized carbons (Fsp3) is 0.211. The number of rotatable bonds is 6. The van der Waals surface area contributed by atoms with Gasteiger partial charge in [0, 0.05) is 16.0 Å². The standard InChI is InChI=1S/C19H17ClFNO2S/c1-25-18-14-11-13(21)7-8-15(14)22(16(18)9-10-17(23)24)19(20)12-5-3-2-4-6-12/h2-8,11,19H,9-10H2,1H3,(H,23,24). The van der Waals surface area contributed by atoms with E-state index >= 15 is 0 Å². The number of alkyl halides is 1. The Morgan fingerprint density at radius 2 is 2.00 bits per heavy atom. The largest absolute Gasteiger partial charge is 0.481 e. The Kier molecular flexibility index (Phi) is 5.35. The molecule has 0 radical (unpaired) electrons. The molecule has 0 fully saturated rings. The molecule has 130 valence electrons. The number of thioether (sulfide) groups is 1. The molecule has 1 atom stereocenters. The second-order valence-corrected chi connectivity index (χ2v) is 6.88. The van der Waals surface area contributed by atoms with Gasteiger partial charge in [0.1, 0.15) is 11.3 Å². The molecule has 0 amide bonds. The third kappa shape index (κ3) is 3.53. The minimum absolute atomic E-state index is 0.00916. The number of aliphatic carboxylic acids is 1. The zero-order chi connectivity index (χ0) is 18.0. The summed E-state index contributed by atoms with van der Waals surface area (Å²) in [6.45, 7) is 0. The number of carboxylic acids is 1. The van der Waals surface area contributed by atoms with Crippen LogP contribution in [0.1, 0.15) is 23.2 Å². The maximum atomic E-state index is 13.8. The van der Waals surface area contributed by atoms with Crippen LogP contribution in [0.25, 0.3) is 10.9 Å². The molecule has 0 spiro atoms. The van der Waals surface area contributed by atoms with Crippen molar-refractivity contribution in [3.8, 4) is 0 Å². The van der Waals surface area contributed by atoms with Gasteiger partial charge in [0.15, 0.2) is 0 Å². The molecular weight excluding hydrogens is 361 g/mol. The van der Waals surface area contributed by atoms with E-state index in [1.807, 2.05) is 41.2 Å². The minimum atomic E-state index is -0.874. The first kappa shape index (κ1) is 17.8. The van der Waals surface area contributed by atoms with E-state index in [9.17, 15) is 9.18 Å². The fourth-order valence-electron chi connectivity index (χ4n) is 3.02. The van der Waals surface area contributed by atoms with Crippen molar-refractivity contribution in [1.82, 2.24) is 4.57 Å². The number of fused-ring (bicyclic) bond motifs is 1. The number of carbonyl (C=O) groups is 1. The Labute approximate surface area is 154 Å². The number of halogens is 2. The smallest absolute Gasteiger partial charge is 0.303 e. The molecule has 0 bridgehead atoms. The van der Waals surface area contributed by atoms with Crippen LogP contribution in [0.3, 0.4) is 0 Å². The molecule has 1 heterocycles. The first-order valence-corrected chi connectivity index (χ1v) is 9.46. The highest BCUT2D eigenvalue weighted by molar-refractivity contribution is 7.98. The molecule has 0 saturated heterocycles. The summed E-state index contributed by atoms with van der Waals surface area (Å²) in [5.41, 5.74) is 2.02. The molecule has 3 aromatic rings. The molecule has 0 saturated carbocycles. The van der Waals surface area contributed by atoms with Gasteiger partial charge in [0.2, 0.25) is 0 Å². The van der Waals surface area contributed by atoms with Crippen molar-refractivity contribution < 1.29 is 14.3 Å². The monoisotopic (exact) mass is 377 g/mol. The number of aromatic nitrogens is 1. The van der Waals surface area contributed by atoms with Crippen LogP contribution < -0.4 is 0 Å². The van der Waals surface area contributed by atoms with Crippen molar-refractivity contribution in [2.75, 3.05) is 6.26 Å². The number of hydrogen-bond donors (Lipinski definition) is 1. The van der Waals surface area contributed by atoms with Crippen LogP contribution in [0.15, 0.2) is 53.4 Å². The van der Waals surface area contributed by atoms with E-state index in [0.717, 1.165) is 27.1 Å². The van der Waals surface area contributed by atoms with Crippen molar-refractivity contribution in [3.63, 3.8) is 0 Å². The van der Waals surface area contributed by atoms with Crippen LogP contribution in [0, 0.1) is 5.82 Å². The third-order valence-electron chi connectivity index (χ3n) is 4.10. The average Bonchev–Trinajstić information content (AvgIpc) is 2.92. The maximum absolute atomic E-state index is 13.8. The second-order valence-electron chi connectivity index (χ2n) is 5.65. The van der Waals surface area contributed by atoms with Gasteiger partial charge in [-0.25, -0.2) is 4.39 Å². The van der Waals surface area contributed by atoms with Crippen LogP contribution >= 0.6 is 23.4 Å². The van der Waals surface area contributed by atoms with Crippen molar-refractivity contribution >= 4 is 40.2 Å². The van der Waals surface area contributed by atoms with E-state index in [0.29, 0.717) is 6.42 Å². The SMILES string of the molecule is CSc1c(CCC(=O)O)n(C(Cl)c2ccccc2)c2ccc(F)cc12. The fourth-order valence-corrected chi connectivity index (χ4v) is 4.21. The number of carboxylic acid groups (broad SMARTS) is 1. The summed E-state index contributed by atoms with van der Waals surface area (Å²) in [4.78, 5) is 12.0. The van der Waals surface area contributed by atoms with Crippen LogP contribution in [0.2, 0.25) is 0 Å². The van der Waals surface area contributed by atoms with Crippen LogP contribution in [-0.2, 0) is 11.2 Å². The molecule has 0 aliphatic rings. The van der Waals surface area contributed by atoms with Gasteiger partial charge in [-0.15, -0.1) is 11.8 Å². The van der Waals surface area contributed by atoms with E-state index in [2.05, 4.69) is 0 Å². The van der Waals surface area contributed by atoms with Gasteiger partial charge in [-0.05, 0) is 36.4 Å². The molecule has 0 aliphatic heterocycles. The van der Waals surface area contributed by atoms with Gasteiger partial charge < -0.3 is 9.67 Å². The van der Waals surface area contributed by atoms with Crippen LogP contribution in [-0.4, -0.2) is 21.9 Å². The Balaban J connectivity index is 2.23. The summed E-state index contributed by atoms with van der Waals surface area (Å²) in [7, 11) is 0. The van der Waals surface area contributed by atoms with E-state index < -0.39 is 11.5 Å². The summed E-state index contributed by atoms with van der Waals surface area (Å²) in [6.07, 6.45) is 2.22. The molecule has 1 N–H and O–H groups in total. The molecule has 6 heteroatoms. The molecule has 0 aliphatic carbocycles. The Morgan fingerprint density at radius 3 is 2.64 bits per heavy atom. The topological polar surface area (TPSA) is 42.2 Å². The van der Waals surface area contributed by atoms with E-state index in [1.165, 1.54) is 23.9 Å². The lowest BCUT2D eigenvalue weighted by atomic mass is 10.2. The van der Waals surface area contributed by atoms with Crippen molar-refractivity contribution in [3.05, 3.63) is 65.6 Å². The Hall–Kier alpha value is -1.98. The predicted octanol–water partition coefficient (Wildman–Crippen LogP) is 5.31. The number of benzene rings is 2. The number of hydrogen-bond acceptors (Lipinski definition) is 2. The van der Waals surface area contributed by atoms with Gasteiger partial charge >= 0.3 is 5.97 Å². The van der Waals surface area contributed by atoms with E-state index in [-0.39, 0.29) is 12.2 Å². The van der Waals surface area contributed by atoms with E-state index in [4.69, 9.17) is 16.7 Å². The molecule has 1 aromatic heterocycles. The van der Waals surface area contributed by atoms with Crippen LogP contribution in [0.4, 0.5) is 4.39 Å². The van der Waals surface area contributed by atoms with Gasteiger partial charge in [-0.2, -0.15) is 0 Å². The second kappa shape index (κ2) is 7.50. The lowest BCUT2D eigenvalue weighted by molar-refractivity contribution is -0.137. The minimum Gasteiger partial charge on any atom is -0.481 e. The summed E-state index contributed by atoms with van der Waals surface area (Å²) in [6, 6.07) is 14.2. The highest BCUT2D eigenvalue weighted by atomic mass is 35.5. The first-order chi connectivity index (χ1) is 12.0. The molecule has 3 nitrogen and oxygen atoms in total. The Bertz CT molecular complexity index is 911. The highest BCUT2D eigenvalue weighted by Gasteiger charge is 2.23. The first-order valence-electron chi connectivity index (χ1n) is 7.80. The molecule has 2 aromatic carbocycles.